The number of phosphoric ester groups is 1. The Morgan fingerprint density at radius 2 is 1.09 bits per heavy atom. The molecule has 0 fully saturated rings. The van der Waals surface area contributed by atoms with E-state index in [0.29, 0.717) is 12.8 Å². The van der Waals surface area contributed by atoms with E-state index in [0.717, 1.165) is 32.1 Å². The summed E-state index contributed by atoms with van der Waals surface area (Å²) in [6.07, 6.45) is 33.8. The quantitative estimate of drug-likeness (QED) is 0.0168. The molecule has 13 nitrogen and oxygen atoms in total. The summed E-state index contributed by atoms with van der Waals surface area (Å²) in [4.78, 5) is 46.0. The number of aliphatic hydroxyl groups excluding tert-OH is 2. The van der Waals surface area contributed by atoms with E-state index in [9.17, 15) is 34.1 Å². The average molecular weight is 846 g/mol. The third kappa shape index (κ3) is 36.7. The standard InChI is InChI=1S/C44H80NO12P/c1-3-5-7-9-11-13-15-17-18-19-21-23-25-27-29-33-42(48)54-35-38(36-55-58(52,53)56-37-39(45)44(50)51)57-43(49)34-30-32-41(47)40(46)31-28-26-24-22-20-16-14-12-10-8-6-4-2/h12,14,20,22,26,28,38-41,46-47H,3-11,13,15-19,21,23-25,27,29-37,45H2,1-2H3,(H,50,51)(H,52,53)/b14-12-,22-20-,28-26-/t38-,39+,40?,41?/m1/s1. The van der Waals surface area contributed by atoms with Crippen molar-refractivity contribution < 1.29 is 57.7 Å². The van der Waals surface area contributed by atoms with Crippen molar-refractivity contribution >= 4 is 25.7 Å². The number of aliphatic carboxylic acids is 1. The zero-order chi connectivity index (χ0) is 43.1. The van der Waals surface area contributed by atoms with Gasteiger partial charge in [-0.25, -0.2) is 4.57 Å². The number of unbranched alkanes of at least 4 members (excludes halogenated alkanes) is 17. The Balaban J connectivity index is 4.60. The fourth-order valence-corrected chi connectivity index (χ4v) is 6.71. The number of allylic oxidation sites excluding steroid dienone is 5. The Kier molecular flexibility index (Phi) is 37.2. The summed E-state index contributed by atoms with van der Waals surface area (Å²) >= 11 is 0. The number of carbonyl (C=O) groups excluding carboxylic acids is 2. The number of hydrogen-bond acceptors (Lipinski definition) is 11. The monoisotopic (exact) mass is 846 g/mol. The molecule has 6 N–H and O–H groups in total. The summed E-state index contributed by atoms with van der Waals surface area (Å²) in [7, 11) is -4.80. The van der Waals surface area contributed by atoms with Crippen molar-refractivity contribution in [1.82, 2.24) is 0 Å². The van der Waals surface area contributed by atoms with Crippen LogP contribution in [0.2, 0.25) is 0 Å². The van der Waals surface area contributed by atoms with Gasteiger partial charge in [0, 0.05) is 12.8 Å². The van der Waals surface area contributed by atoms with Crippen LogP contribution in [0.3, 0.4) is 0 Å². The van der Waals surface area contributed by atoms with Crippen molar-refractivity contribution in [3.63, 3.8) is 0 Å². The number of aliphatic hydroxyl groups is 2. The fourth-order valence-electron chi connectivity index (χ4n) is 5.93. The largest absolute Gasteiger partial charge is 0.480 e. The van der Waals surface area contributed by atoms with Crippen LogP contribution in [0.25, 0.3) is 0 Å². The lowest BCUT2D eigenvalue weighted by Crippen LogP contribution is -2.34. The van der Waals surface area contributed by atoms with E-state index >= 15 is 0 Å². The van der Waals surface area contributed by atoms with Gasteiger partial charge in [0.05, 0.1) is 25.4 Å². The maximum atomic E-state index is 12.7. The Labute approximate surface area is 349 Å². The second-order valence-electron chi connectivity index (χ2n) is 15.1. The van der Waals surface area contributed by atoms with Gasteiger partial charge in [-0.3, -0.25) is 23.4 Å². The van der Waals surface area contributed by atoms with Crippen LogP contribution in [0.5, 0.6) is 0 Å². The first-order chi connectivity index (χ1) is 27.9. The molecule has 0 rings (SSSR count). The smallest absolute Gasteiger partial charge is 0.472 e. The van der Waals surface area contributed by atoms with Crippen LogP contribution in [0.15, 0.2) is 36.5 Å². The van der Waals surface area contributed by atoms with E-state index in [1.165, 1.54) is 89.9 Å². The number of hydrogen-bond donors (Lipinski definition) is 5. The topological polar surface area (TPSA) is 212 Å². The zero-order valence-corrected chi connectivity index (χ0v) is 36.8. The number of phosphoric acid groups is 1. The van der Waals surface area contributed by atoms with Gasteiger partial charge in [-0.2, -0.15) is 0 Å². The van der Waals surface area contributed by atoms with Gasteiger partial charge in [0.2, 0.25) is 0 Å². The van der Waals surface area contributed by atoms with Crippen molar-refractivity contribution in [2.75, 3.05) is 19.8 Å². The molecule has 0 saturated carbocycles. The number of carboxylic acid groups (broad SMARTS) is 1. The highest BCUT2D eigenvalue weighted by molar-refractivity contribution is 7.47. The lowest BCUT2D eigenvalue weighted by molar-refractivity contribution is -0.161. The molecule has 0 spiro atoms. The Hall–Kier alpha value is -2.38. The zero-order valence-electron chi connectivity index (χ0n) is 35.9. The molecular formula is C44H80NO12P. The fraction of sp³-hybridized carbons (Fsp3) is 0.795. The van der Waals surface area contributed by atoms with Gasteiger partial charge in [0.15, 0.2) is 6.10 Å². The Morgan fingerprint density at radius 1 is 0.603 bits per heavy atom. The van der Waals surface area contributed by atoms with E-state index in [1.807, 2.05) is 12.2 Å². The highest BCUT2D eigenvalue weighted by Gasteiger charge is 2.28. The van der Waals surface area contributed by atoms with Crippen LogP contribution in [-0.2, 0) is 37.5 Å². The highest BCUT2D eigenvalue weighted by atomic mass is 31.2. The van der Waals surface area contributed by atoms with Crippen LogP contribution in [0, 0.1) is 0 Å². The molecule has 0 radical (unpaired) electrons. The van der Waals surface area contributed by atoms with Crippen LogP contribution in [0.4, 0.5) is 0 Å². The number of ether oxygens (including phenoxy) is 2. The minimum atomic E-state index is -4.80. The number of carboxylic acids is 1. The van der Waals surface area contributed by atoms with Gasteiger partial charge in [0.1, 0.15) is 12.6 Å². The molecular weight excluding hydrogens is 765 g/mol. The molecule has 0 bridgehead atoms. The molecule has 0 aromatic rings. The molecule has 0 saturated heterocycles. The maximum Gasteiger partial charge on any atom is 0.472 e. The third-order valence-electron chi connectivity index (χ3n) is 9.59. The minimum Gasteiger partial charge on any atom is -0.480 e. The van der Waals surface area contributed by atoms with E-state index in [-0.39, 0.29) is 32.1 Å². The molecule has 0 aromatic carbocycles. The van der Waals surface area contributed by atoms with Crippen LogP contribution in [-0.4, -0.2) is 82.3 Å². The molecule has 14 heteroatoms. The predicted octanol–water partition coefficient (Wildman–Crippen LogP) is 9.56. The molecule has 0 heterocycles. The summed E-state index contributed by atoms with van der Waals surface area (Å²) in [6.45, 7) is 2.48. The normalized spacial score (nSPS) is 15.1. The van der Waals surface area contributed by atoms with Gasteiger partial charge in [0.25, 0.3) is 0 Å². The van der Waals surface area contributed by atoms with Gasteiger partial charge in [-0.15, -0.1) is 0 Å². The van der Waals surface area contributed by atoms with Gasteiger partial charge >= 0.3 is 25.7 Å². The summed E-state index contributed by atoms with van der Waals surface area (Å²) in [5.41, 5.74) is 5.32. The lowest BCUT2D eigenvalue weighted by Gasteiger charge is -2.20. The third-order valence-corrected chi connectivity index (χ3v) is 10.5. The van der Waals surface area contributed by atoms with Crippen molar-refractivity contribution in [3.05, 3.63) is 36.5 Å². The molecule has 5 atom stereocenters. The molecule has 58 heavy (non-hydrogen) atoms. The van der Waals surface area contributed by atoms with E-state index in [2.05, 4.69) is 36.6 Å². The molecule has 0 amide bonds. The summed E-state index contributed by atoms with van der Waals surface area (Å²) in [6, 6.07) is -1.57. The molecule has 0 aliphatic rings. The highest BCUT2D eigenvalue weighted by Crippen LogP contribution is 2.43. The first-order valence-electron chi connectivity index (χ1n) is 22.2. The van der Waals surface area contributed by atoms with Gasteiger partial charge < -0.3 is 35.4 Å². The Bertz CT molecular complexity index is 1160. The predicted molar refractivity (Wildman–Crippen MR) is 229 cm³/mol. The summed E-state index contributed by atoms with van der Waals surface area (Å²) < 4.78 is 32.5. The lowest BCUT2D eigenvalue weighted by atomic mass is 10.0. The maximum absolute atomic E-state index is 12.7. The van der Waals surface area contributed by atoms with Gasteiger partial charge in [-0.1, -0.05) is 153 Å². The van der Waals surface area contributed by atoms with Crippen molar-refractivity contribution in [2.24, 2.45) is 5.73 Å². The second kappa shape index (κ2) is 38.8. The number of carbonyl (C=O) groups is 3. The number of rotatable bonds is 41. The van der Waals surface area contributed by atoms with E-state index in [4.69, 9.17) is 24.8 Å². The molecule has 0 aromatic heterocycles. The van der Waals surface area contributed by atoms with Crippen molar-refractivity contribution in [2.45, 2.75) is 205 Å². The first kappa shape index (κ1) is 55.6. The van der Waals surface area contributed by atoms with E-state index < -0.39 is 69.9 Å². The number of esters is 2. The molecule has 0 aliphatic heterocycles. The van der Waals surface area contributed by atoms with Gasteiger partial charge in [-0.05, 0) is 51.4 Å². The summed E-state index contributed by atoms with van der Waals surface area (Å²) in [5, 5.41) is 29.6. The summed E-state index contributed by atoms with van der Waals surface area (Å²) in [5.74, 6) is -2.70. The SMILES string of the molecule is CCCCC/C=C\C/C=C\C/C=C\CC(O)C(O)CCCC(=O)O[C@H](COC(=O)CCCCCCCCCCCCCCCCC)COP(=O)(O)OC[C@H](N)C(=O)O. The van der Waals surface area contributed by atoms with Crippen LogP contribution >= 0.6 is 7.82 Å². The minimum absolute atomic E-state index is 0.119. The second-order valence-corrected chi connectivity index (χ2v) is 16.6. The van der Waals surface area contributed by atoms with Crippen molar-refractivity contribution in [3.8, 4) is 0 Å². The molecule has 3 unspecified atom stereocenters. The Morgan fingerprint density at radius 3 is 1.66 bits per heavy atom. The average Bonchev–Trinajstić information content (AvgIpc) is 3.19. The molecule has 338 valence electrons. The first-order valence-corrected chi connectivity index (χ1v) is 23.7. The van der Waals surface area contributed by atoms with E-state index in [1.54, 1.807) is 6.08 Å². The van der Waals surface area contributed by atoms with Crippen LogP contribution in [0.1, 0.15) is 181 Å². The molecule has 0 aliphatic carbocycles. The van der Waals surface area contributed by atoms with Crippen molar-refractivity contribution in [1.29, 1.82) is 0 Å². The van der Waals surface area contributed by atoms with Crippen LogP contribution < -0.4 is 5.73 Å². The number of nitrogens with two attached hydrogens (primary N) is 1.